The van der Waals surface area contributed by atoms with Gasteiger partial charge in [-0.1, -0.05) is 53.7 Å². The highest BCUT2D eigenvalue weighted by Gasteiger charge is 2.26. The first-order valence-corrected chi connectivity index (χ1v) is 7.66. The molecular formula is C19H14ClNO3. The zero-order chi connectivity index (χ0) is 16.9. The molecule has 2 aromatic rings. The molecule has 1 aliphatic heterocycles. The SMILES string of the molecule is C=CCOc1ccc(/C=C2\C(=O)ON=C2c2ccc(Cl)cc2)cc1. The van der Waals surface area contributed by atoms with E-state index in [0.717, 1.165) is 16.9 Å². The minimum absolute atomic E-state index is 0.400. The van der Waals surface area contributed by atoms with Crippen LogP contribution < -0.4 is 4.74 Å². The van der Waals surface area contributed by atoms with E-state index in [4.69, 9.17) is 21.2 Å². The van der Waals surface area contributed by atoms with Gasteiger partial charge in [-0.15, -0.1) is 0 Å². The van der Waals surface area contributed by atoms with Crippen molar-refractivity contribution in [1.29, 1.82) is 0 Å². The molecule has 0 spiro atoms. The second-order valence-electron chi connectivity index (χ2n) is 5.05. The van der Waals surface area contributed by atoms with E-state index < -0.39 is 5.97 Å². The van der Waals surface area contributed by atoms with Crippen LogP contribution in [0.5, 0.6) is 5.75 Å². The fourth-order valence-corrected chi connectivity index (χ4v) is 2.33. The summed E-state index contributed by atoms with van der Waals surface area (Å²) in [4.78, 5) is 16.8. The van der Waals surface area contributed by atoms with Crippen LogP contribution in [-0.4, -0.2) is 18.3 Å². The topological polar surface area (TPSA) is 47.9 Å². The number of halogens is 1. The zero-order valence-corrected chi connectivity index (χ0v) is 13.5. The first kappa shape index (κ1) is 16.0. The van der Waals surface area contributed by atoms with Crippen LogP contribution in [0.25, 0.3) is 6.08 Å². The van der Waals surface area contributed by atoms with Gasteiger partial charge >= 0.3 is 5.97 Å². The maximum Gasteiger partial charge on any atom is 0.368 e. The van der Waals surface area contributed by atoms with Crippen molar-refractivity contribution in [3.8, 4) is 5.75 Å². The Bertz CT molecular complexity index is 821. The van der Waals surface area contributed by atoms with Gasteiger partial charge in [0.2, 0.25) is 0 Å². The maximum absolute atomic E-state index is 12.0. The molecule has 0 fully saturated rings. The summed E-state index contributed by atoms with van der Waals surface area (Å²) in [5, 5.41) is 4.49. The second kappa shape index (κ2) is 7.15. The normalized spacial score (nSPS) is 15.1. The molecule has 0 bridgehead atoms. The molecule has 0 N–H and O–H groups in total. The number of ether oxygens (including phenoxy) is 1. The predicted molar refractivity (Wildman–Crippen MR) is 94.2 cm³/mol. The summed E-state index contributed by atoms with van der Waals surface area (Å²) in [6, 6.07) is 14.4. The highest BCUT2D eigenvalue weighted by molar-refractivity contribution is 6.32. The minimum atomic E-state index is -0.480. The lowest BCUT2D eigenvalue weighted by Gasteiger charge is -2.04. The van der Waals surface area contributed by atoms with E-state index in [9.17, 15) is 4.79 Å². The lowest BCUT2D eigenvalue weighted by molar-refractivity contribution is -0.136. The van der Waals surface area contributed by atoms with Gasteiger partial charge in [0, 0.05) is 10.6 Å². The van der Waals surface area contributed by atoms with E-state index in [0.29, 0.717) is 22.9 Å². The average molecular weight is 340 g/mol. The monoisotopic (exact) mass is 339 g/mol. The van der Waals surface area contributed by atoms with Crippen LogP contribution in [0.15, 0.2) is 71.9 Å². The maximum atomic E-state index is 12.0. The summed E-state index contributed by atoms with van der Waals surface area (Å²) >= 11 is 5.89. The van der Waals surface area contributed by atoms with E-state index >= 15 is 0 Å². The number of hydrogen-bond donors (Lipinski definition) is 0. The molecular weight excluding hydrogens is 326 g/mol. The molecule has 1 aliphatic rings. The van der Waals surface area contributed by atoms with E-state index in [-0.39, 0.29) is 0 Å². The lowest BCUT2D eigenvalue weighted by Crippen LogP contribution is -2.06. The average Bonchev–Trinajstić information content (AvgIpc) is 2.96. The Hall–Kier alpha value is -2.85. The molecule has 0 amide bonds. The molecule has 3 rings (SSSR count). The van der Waals surface area contributed by atoms with Crippen LogP contribution in [0.4, 0.5) is 0 Å². The van der Waals surface area contributed by atoms with Gasteiger partial charge < -0.3 is 9.57 Å². The Labute approximate surface area is 144 Å². The molecule has 0 aliphatic carbocycles. The zero-order valence-electron chi connectivity index (χ0n) is 12.7. The van der Waals surface area contributed by atoms with Crippen molar-refractivity contribution >= 4 is 29.4 Å². The number of benzene rings is 2. The number of oxime groups is 1. The highest BCUT2D eigenvalue weighted by atomic mass is 35.5. The third-order valence-corrected chi connectivity index (χ3v) is 3.62. The largest absolute Gasteiger partial charge is 0.490 e. The number of rotatable bonds is 5. The molecule has 1 heterocycles. The molecule has 5 heteroatoms. The summed E-state index contributed by atoms with van der Waals surface area (Å²) in [6.45, 7) is 4.05. The molecule has 0 unspecified atom stereocenters. The molecule has 0 radical (unpaired) electrons. The third-order valence-electron chi connectivity index (χ3n) is 3.37. The van der Waals surface area contributed by atoms with Gasteiger partial charge in [-0.2, -0.15) is 0 Å². The van der Waals surface area contributed by atoms with E-state index in [1.165, 1.54) is 0 Å². The Morgan fingerprint density at radius 3 is 2.50 bits per heavy atom. The summed E-state index contributed by atoms with van der Waals surface area (Å²) in [5.74, 6) is 0.254. The first-order chi connectivity index (χ1) is 11.7. The van der Waals surface area contributed by atoms with Gasteiger partial charge in [0.15, 0.2) is 0 Å². The van der Waals surface area contributed by atoms with Gasteiger partial charge in [-0.25, -0.2) is 4.79 Å². The number of carbonyl (C=O) groups excluding carboxylic acids is 1. The molecule has 4 nitrogen and oxygen atoms in total. The summed E-state index contributed by atoms with van der Waals surface area (Å²) in [7, 11) is 0. The fraction of sp³-hybridized carbons (Fsp3) is 0.0526. The summed E-state index contributed by atoms with van der Waals surface area (Å²) in [5.41, 5.74) is 2.50. The molecule has 0 aromatic heterocycles. The van der Waals surface area contributed by atoms with Crippen LogP contribution in [0.2, 0.25) is 5.02 Å². The van der Waals surface area contributed by atoms with E-state index in [1.807, 2.05) is 24.3 Å². The Morgan fingerprint density at radius 1 is 1.12 bits per heavy atom. The van der Waals surface area contributed by atoms with Crippen molar-refractivity contribution in [2.24, 2.45) is 5.16 Å². The van der Waals surface area contributed by atoms with Crippen molar-refractivity contribution in [3.05, 3.63) is 82.9 Å². The molecule has 0 saturated carbocycles. The Balaban J connectivity index is 1.86. The summed E-state index contributed by atoms with van der Waals surface area (Å²) < 4.78 is 5.44. The first-order valence-electron chi connectivity index (χ1n) is 7.28. The summed E-state index contributed by atoms with van der Waals surface area (Å²) in [6.07, 6.45) is 3.42. The Kier molecular flexibility index (Phi) is 4.77. The van der Waals surface area contributed by atoms with Crippen molar-refractivity contribution < 1.29 is 14.4 Å². The van der Waals surface area contributed by atoms with Crippen LogP contribution in [0.1, 0.15) is 11.1 Å². The Morgan fingerprint density at radius 2 is 1.83 bits per heavy atom. The van der Waals surface area contributed by atoms with Crippen molar-refractivity contribution in [1.82, 2.24) is 0 Å². The lowest BCUT2D eigenvalue weighted by atomic mass is 10.0. The highest BCUT2D eigenvalue weighted by Crippen LogP contribution is 2.23. The van der Waals surface area contributed by atoms with Crippen molar-refractivity contribution in [3.63, 3.8) is 0 Å². The fourth-order valence-electron chi connectivity index (χ4n) is 2.21. The molecule has 120 valence electrons. The van der Waals surface area contributed by atoms with Crippen molar-refractivity contribution in [2.45, 2.75) is 0 Å². The smallest absolute Gasteiger partial charge is 0.368 e. The van der Waals surface area contributed by atoms with Gasteiger partial charge in [0.1, 0.15) is 18.1 Å². The molecule has 24 heavy (non-hydrogen) atoms. The van der Waals surface area contributed by atoms with Crippen LogP contribution in [0.3, 0.4) is 0 Å². The van der Waals surface area contributed by atoms with Gasteiger partial charge in [0.25, 0.3) is 0 Å². The minimum Gasteiger partial charge on any atom is -0.490 e. The molecule has 0 atom stereocenters. The van der Waals surface area contributed by atoms with Crippen LogP contribution in [0, 0.1) is 0 Å². The number of nitrogens with zero attached hydrogens (tertiary/aromatic N) is 1. The molecule has 2 aromatic carbocycles. The van der Waals surface area contributed by atoms with Gasteiger partial charge in [-0.05, 0) is 35.9 Å². The quantitative estimate of drug-likeness (QED) is 0.465. The van der Waals surface area contributed by atoms with Crippen LogP contribution in [-0.2, 0) is 9.63 Å². The standard InChI is InChI=1S/C19H14ClNO3/c1-2-11-23-16-9-3-13(4-10-16)12-17-18(21-24-19(17)22)14-5-7-15(20)8-6-14/h2-10,12H,1,11H2/b17-12-. The van der Waals surface area contributed by atoms with Gasteiger partial charge in [-0.3, -0.25) is 0 Å². The van der Waals surface area contributed by atoms with Crippen LogP contribution >= 0.6 is 11.6 Å². The predicted octanol–water partition coefficient (Wildman–Crippen LogP) is 4.25. The van der Waals surface area contributed by atoms with Gasteiger partial charge in [0.05, 0.1) is 5.57 Å². The van der Waals surface area contributed by atoms with E-state index in [1.54, 1.807) is 36.4 Å². The molecule has 0 saturated heterocycles. The van der Waals surface area contributed by atoms with Crippen molar-refractivity contribution in [2.75, 3.05) is 6.61 Å². The second-order valence-corrected chi connectivity index (χ2v) is 5.49. The number of carbonyl (C=O) groups is 1. The van der Waals surface area contributed by atoms with E-state index in [2.05, 4.69) is 11.7 Å². The number of hydrogen-bond acceptors (Lipinski definition) is 4. The third kappa shape index (κ3) is 3.55.